The van der Waals surface area contributed by atoms with E-state index in [0.717, 1.165) is 0 Å². The van der Waals surface area contributed by atoms with Gasteiger partial charge in [-0.3, -0.25) is 9.59 Å². The normalized spacial score (nSPS) is 11.5. The minimum Gasteiger partial charge on any atom is -0.493 e. The van der Waals surface area contributed by atoms with Crippen molar-refractivity contribution in [2.24, 2.45) is 4.99 Å². The van der Waals surface area contributed by atoms with Gasteiger partial charge in [-0.15, -0.1) is 0 Å². The second-order valence-electron chi connectivity index (χ2n) is 5.85. The fourth-order valence-electron chi connectivity index (χ4n) is 2.75. The summed E-state index contributed by atoms with van der Waals surface area (Å²) in [5.74, 6) is -0.936. The third-order valence-corrected chi connectivity index (χ3v) is 5.12. The van der Waals surface area contributed by atoms with Crippen LogP contribution in [0, 0.1) is 5.82 Å². The molecule has 1 aromatic heterocycles. The maximum absolute atomic E-state index is 14.0. The van der Waals surface area contributed by atoms with Crippen LogP contribution < -0.4 is 14.3 Å². The number of amides is 1. The van der Waals surface area contributed by atoms with Gasteiger partial charge in [-0.05, 0) is 19.1 Å². The van der Waals surface area contributed by atoms with Crippen molar-refractivity contribution < 1.29 is 28.2 Å². The van der Waals surface area contributed by atoms with E-state index in [1.807, 2.05) is 0 Å². The molecule has 1 amide bonds. The van der Waals surface area contributed by atoms with E-state index in [-0.39, 0.29) is 23.5 Å². The van der Waals surface area contributed by atoms with E-state index in [4.69, 9.17) is 14.2 Å². The van der Waals surface area contributed by atoms with Crippen LogP contribution in [0.25, 0.3) is 10.2 Å². The first kappa shape index (κ1) is 20.5. The van der Waals surface area contributed by atoms with Gasteiger partial charge in [0.05, 0.1) is 36.6 Å². The SMILES string of the molecule is CCOC(=O)Cn1c(=NC(=O)c2ccccc2F)sc2cc(OC)c(OC)cc21. The number of halogens is 1. The first-order valence-corrected chi connectivity index (χ1v) is 9.54. The van der Waals surface area contributed by atoms with Crippen molar-refractivity contribution in [1.82, 2.24) is 4.57 Å². The van der Waals surface area contributed by atoms with Crippen LogP contribution in [-0.2, 0) is 16.1 Å². The number of nitrogens with zero attached hydrogens (tertiary/aromatic N) is 2. The molecule has 0 spiro atoms. The highest BCUT2D eigenvalue weighted by atomic mass is 32.1. The van der Waals surface area contributed by atoms with Crippen LogP contribution in [0.3, 0.4) is 0 Å². The zero-order valence-electron chi connectivity index (χ0n) is 16.1. The standard InChI is InChI=1S/C20H19FN2O5S/c1-4-28-18(24)11-23-14-9-15(26-2)16(27-3)10-17(14)29-20(23)22-19(25)12-7-5-6-8-13(12)21/h5-10H,4,11H2,1-3H3. The van der Waals surface area contributed by atoms with Crippen LogP contribution in [0.4, 0.5) is 4.39 Å². The van der Waals surface area contributed by atoms with Crippen molar-refractivity contribution >= 4 is 33.4 Å². The Kier molecular flexibility index (Phi) is 6.28. The molecule has 9 heteroatoms. The molecule has 7 nitrogen and oxygen atoms in total. The summed E-state index contributed by atoms with van der Waals surface area (Å²) in [6.07, 6.45) is 0. The molecule has 0 fully saturated rings. The molecule has 3 rings (SSSR count). The average molecular weight is 418 g/mol. The molecule has 0 aliphatic carbocycles. The predicted molar refractivity (Wildman–Crippen MR) is 106 cm³/mol. The lowest BCUT2D eigenvalue weighted by Crippen LogP contribution is -2.23. The van der Waals surface area contributed by atoms with E-state index in [9.17, 15) is 14.0 Å². The predicted octanol–water partition coefficient (Wildman–Crippen LogP) is 3.16. The Bertz CT molecular complexity index is 1140. The van der Waals surface area contributed by atoms with Crippen LogP contribution in [0.2, 0.25) is 0 Å². The summed E-state index contributed by atoms with van der Waals surface area (Å²) < 4.78 is 31.9. The molecule has 0 aliphatic rings. The fraction of sp³-hybridized carbons (Fsp3) is 0.250. The summed E-state index contributed by atoms with van der Waals surface area (Å²) in [6, 6.07) is 9.01. The van der Waals surface area contributed by atoms with Crippen LogP contribution in [-0.4, -0.2) is 37.3 Å². The van der Waals surface area contributed by atoms with Crippen molar-refractivity contribution in [2.45, 2.75) is 13.5 Å². The fourth-order valence-corrected chi connectivity index (χ4v) is 3.79. The van der Waals surface area contributed by atoms with Crippen molar-refractivity contribution in [2.75, 3.05) is 20.8 Å². The summed E-state index contributed by atoms with van der Waals surface area (Å²) in [5, 5.41) is 0. The maximum Gasteiger partial charge on any atom is 0.326 e. The lowest BCUT2D eigenvalue weighted by atomic mass is 10.2. The first-order valence-electron chi connectivity index (χ1n) is 8.73. The number of aromatic nitrogens is 1. The topological polar surface area (TPSA) is 79.1 Å². The van der Waals surface area contributed by atoms with Gasteiger partial charge < -0.3 is 18.8 Å². The number of esters is 1. The van der Waals surface area contributed by atoms with Gasteiger partial charge in [0, 0.05) is 12.1 Å². The third kappa shape index (κ3) is 4.29. The summed E-state index contributed by atoms with van der Waals surface area (Å²) in [5.41, 5.74) is 0.462. The molecule has 152 valence electrons. The quantitative estimate of drug-likeness (QED) is 0.575. The molecule has 0 saturated carbocycles. The summed E-state index contributed by atoms with van der Waals surface area (Å²) in [6.45, 7) is 1.77. The monoisotopic (exact) mass is 418 g/mol. The number of benzene rings is 2. The van der Waals surface area contributed by atoms with Gasteiger partial charge in [-0.1, -0.05) is 23.5 Å². The Labute approximate surface area is 170 Å². The Morgan fingerprint density at radius 2 is 1.83 bits per heavy atom. The number of ether oxygens (including phenoxy) is 3. The number of rotatable bonds is 6. The number of carbonyl (C=O) groups is 2. The van der Waals surface area contributed by atoms with E-state index >= 15 is 0 Å². The van der Waals surface area contributed by atoms with E-state index in [0.29, 0.717) is 21.7 Å². The highest BCUT2D eigenvalue weighted by molar-refractivity contribution is 7.16. The lowest BCUT2D eigenvalue weighted by molar-refractivity contribution is -0.143. The highest BCUT2D eigenvalue weighted by Gasteiger charge is 2.17. The summed E-state index contributed by atoms with van der Waals surface area (Å²) >= 11 is 1.17. The van der Waals surface area contributed by atoms with Crippen molar-refractivity contribution in [1.29, 1.82) is 0 Å². The molecule has 3 aromatic rings. The summed E-state index contributed by atoms with van der Waals surface area (Å²) in [7, 11) is 3.01. The number of fused-ring (bicyclic) bond motifs is 1. The van der Waals surface area contributed by atoms with Crippen LogP contribution in [0.5, 0.6) is 11.5 Å². The molecule has 29 heavy (non-hydrogen) atoms. The van der Waals surface area contributed by atoms with Crippen LogP contribution >= 0.6 is 11.3 Å². The minimum atomic E-state index is -0.744. The van der Waals surface area contributed by atoms with Gasteiger partial charge in [0.15, 0.2) is 16.3 Å². The number of carbonyl (C=O) groups excluding carboxylic acids is 2. The molecule has 2 aromatic carbocycles. The number of thiazole rings is 1. The maximum atomic E-state index is 14.0. The zero-order valence-corrected chi connectivity index (χ0v) is 16.9. The summed E-state index contributed by atoms with van der Waals surface area (Å²) in [4.78, 5) is 29.0. The largest absolute Gasteiger partial charge is 0.493 e. The number of hydrogen-bond acceptors (Lipinski definition) is 6. The molecule has 0 N–H and O–H groups in total. The molecular weight excluding hydrogens is 399 g/mol. The number of methoxy groups -OCH3 is 2. The molecule has 1 heterocycles. The molecule has 0 aliphatic heterocycles. The molecule has 0 atom stereocenters. The van der Waals surface area contributed by atoms with Crippen molar-refractivity contribution in [3.05, 3.63) is 52.6 Å². The Hall–Kier alpha value is -3.20. The molecule has 0 bridgehead atoms. The second kappa shape index (κ2) is 8.87. The third-order valence-electron chi connectivity index (χ3n) is 4.08. The zero-order chi connectivity index (χ0) is 21.0. The van der Waals surface area contributed by atoms with Crippen molar-refractivity contribution in [3.8, 4) is 11.5 Å². The van der Waals surface area contributed by atoms with Gasteiger partial charge >= 0.3 is 5.97 Å². The van der Waals surface area contributed by atoms with Gasteiger partial charge in [-0.2, -0.15) is 4.99 Å². The van der Waals surface area contributed by atoms with E-state index < -0.39 is 17.7 Å². The smallest absolute Gasteiger partial charge is 0.326 e. The van der Waals surface area contributed by atoms with Gasteiger partial charge in [0.2, 0.25) is 0 Å². The molecule has 0 saturated heterocycles. The Morgan fingerprint density at radius 1 is 1.14 bits per heavy atom. The van der Waals surface area contributed by atoms with E-state index in [1.165, 1.54) is 43.8 Å². The van der Waals surface area contributed by atoms with E-state index in [1.54, 1.807) is 29.7 Å². The first-order chi connectivity index (χ1) is 14.0. The highest BCUT2D eigenvalue weighted by Crippen LogP contribution is 2.33. The second-order valence-corrected chi connectivity index (χ2v) is 6.86. The van der Waals surface area contributed by atoms with Crippen LogP contribution in [0.15, 0.2) is 41.4 Å². The Morgan fingerprint density at radius 3 is 2.48 bits per heavy atom. The lowest BCUT2D eigenvalue weighted by Gasteiger charge is -2.09. The minimum absolute atomic E-state index is 0.150. The molecular formula is C20H19FN2O5S. The molecule has 0 radical (unpaired) electrons. The van der Waals surface area contributed by atoms with Gasteiger partial charge in [-0.25, -0.2) is 4.39 Å². The average Bonchev–Trinajstić information content (AvgIpc) is 3.03. The Balaban J connectivity index is 2.20. The van der Waals surface area contributed by atoms with Crippen molar-refractivity contribution in [3.63, 3.8) is 0 Å². The van der Waals surface area contributed by atoms with Gasteiger partial charge in [0.25, 0.3) is 5.91 Å². The number of hydrogen-bond donors (Lipinski definition) is 0. The molecule has 0 unspecified atom stereocenters. The van der Waals surface area contributed by atoms with E-state index in [2.05, 4.69) is 4.99 Å². The van der Waals surface area contributed by atoms with Gasteiger partial charge in [0.1, 0.15) is 12.4 Å². The van der Waals surface area contributed by atoms with Crippen LogP contribution in [0.1, 0.15) is 17.3 Å².